The number of aromatic nitrogens is 1. The number of rotatable bonds is 16. The molecule has 6 aromatic carbocycles. The number of amides is 1. The molecular weight excluding hydrogens is 731 g/mol. The summed E-state index contributed by atoms with van der Waals surface area (Å²) >= 11 is 0. The van der Waals surface area contributed by atoms with Crippen molar-refractivity contribution in [2.75, 3.05) is 23.0 Å². The van der Waals surface area contributed by atoms with Crippen molar-refractivity contribution < 1.29 is 14.3 Å². The lowest BCUT2D eigenvalue weighted by Gasteiger charge is -2.41. The first kappa shape index (κ1) is 38.9. The van der Waals surface area contributed by atoms with Crippen molar-refractivity contribution in [3.05, 3.63) is 221 Å². The number of carbonyl (C=O) groups is 1. The normalized spacial score (nSPS) is 12.9. The van der Waals surface area contributed by atoms with Crippen LogP contribution in [0.15, 0.2) is 176 Å². The Morgan fingerprint density at radius 2 is 0.932 bits per heavy atom. The average molecular weight is 780 g/mol. The molecule has 0 saturated carbocycles. The van der Waals surface area contributed by atoms with Crippen LogP contribution in [0.1, 0.15) is 63.3 Å². The second kappa shape index (κ2) is 18.1. The molecule has 2 N–H and O–H groups in total. The number of anilines is 2. The van der Waals surface area contributed by atoms with Gasteiger partial charge in [-0.2, -0.15) is 0 Å². The van der Waals surface area contributed by atoms with Crippen LogP contribution in [0.5, 0.6) is 11.5 Å². The molecule has 1 aliphatic rings. The highest BCUT2D eigenvalue weighted by molar-refractivity contribution is 5.97. The van der Waals surface area contributed by atoms with E-state index in [2.05, 4.69) is 154 Å². The monoisotopic (exact) mass is 779 g/mol. The van der Waals surface area contributed by atoms with Crippen molar-refractivity contribution in [2.24, 2.45) is 0 Å². The third-order valence-electron chi connectivity index (χ3n) is 10.7. The fourth-order valence-corrected chi connectivity index (χ4v) is 7.98. The Labute approximate surface area is 347 Å². The molecule has 8 heteroatoms. The quantitative estimate of drug-likeness (QED) is 0.101. The lowest BCUT2D eigenvalue weighted by Crippen LogP contribution is -2.58. The third kappa shape index (κ3) is 8.54. The summed E-state index contributed by atoms with van der Waals surface area (Å²) in [6.07, 6.45) is 1.74. The molecule has 296 valence electrons. The molecule has 0 unspecified atom stereocenters. The van der Waals surface area contributed by atoms with E-state index in [-0.39, 0.29) is 5.91 Å². The number of nitrogens with zero attached hydrogens (tertiary/aromatic N) is 3. The minimum atomic E-state index is -1.20. The molecule has 0 fully saturated rings. The maximum Gasteiger partial charge on any atom is 0.267 e. The van der Waals surface area contributed by atoms with Crippen LogP contribution in [0.2, 0.25) is 0 Å². The van der Waals surface area contributed by atoms with Crippen LogP contribution in [0.4, 0.5) is 11.4 Å². The predicted molar refractivity (Wildman–Crippen MR) is 235 cm³/mol. The maximum absolute atomic E-state index is 13.5. The first-order chi connectivity index (χ1) is 29.1. The molecule has 0 bridgehead atoms. The highest BCUT2D eigenvalue weighted by Crippen LogP contribution is 2.48. The molecular formula is C51H49N5O3. The Hall–Kier alpha value is -6.90. The van der Waals surface area contributed by atoms with Gasteiger partial charge in [0.15, 0.2) is 0 Å². The Morgan fingerprint density at radius 1 is 0.525 bits per heavy atom. The molecule has 8 nitrogen and oxygen atoms in total. The zero-order valence-corrected chi connectivity index (χ0v) is 33.6. The number of nitrogens with one attached hydrogen (secondary N) is 2. The minimum Gasteiger partial charge on any atom is -0.493 e. The number of hydrogen-bond donors (Lipinski definition) is 2. The summed E-state index contributed by atoms with van der Waals surface area (Å²) in [4.78, 5) is 23.2. The van der Waals surface area contributed by atoms with Gasteiger partial charge in [-0.25, -0.2) is 5.43 Å². The summed E-state index contributed by atoms with van der Waals surface area (Å²) in [5.74, 6) is 1.07. The van der Waals surface area contributed by atoms with Crippen LogP contribution in [-0.2, 0) is 31.7 Å². The molecule has 0 radical (unpaired) electrons. The summed E-state index contributed by atoms with van der Waals surface area (Å²) < 4.78 is 13.2. The van der Waals surface area contributed by atoms with Crippen molar-refractivity contribution in [3.63, 3.8) is 0 Å². The smallest absolute Gasteiger partial charge is 0.267 e. The van der Waals surface area contributed by atoms with Crippen LogP contribution < -0.4 is 30.1 Å². The number of fused-ring (bicyclic) bond motifs is 1. The number of pyridine rings is 1. The van der Waals surface area contributed by atoms with Crippen molar-refractivity contribution in [1.29, 1.82) is 0 Å². The Balaban J connectivity index is 1.29. The topological polar surface area (TPSA) is 79.0 Å². The van der Waals surface area contributed by atoms with E-state index in [0.29, 0.717) is 62.1 Å². The molecule has 0 aliphatic carbocycles. The van der Waals surface area contributed by atoms with Crippen LogP contribution in [0.3, 0.4) is 0 Å². The van der Waals surface area contributed by atoms with E-state index >= 15 is 0 Å². The number of benzene rings is 6. The van der Waals surface area contributed by atoms with E-state index in [4.69, 9.17) is 14.5 Å². The highest BCUT2D eigenvalue weighted by Gasteiger charge is 2.48. The first-order valence-corrected chi connectivity index (χ1v) is 20.3. The largest absolute Gasteiger partial charge is 0.493 e. The molecule has 0 saturated heterocycles. The number of carbonyl (C=O) groups excluding carboxylic acids is 1. The lowest BCUT2D eigenvalue weighted by atomic mass is 9.76. The second-order valence-corrected chi connectivity index (χ2v) is 14.6. The second-order valence-electron chi connectivity index (χ2n) is 14.6. The van der Waals surface area contributed by atoms with Gasteiger partial charge in [0.1, 0.15) is 17.0 Å². The zero-order valence-electron chi connectivity index (χ0n) is 33.6. The predicted octanol–water partition coefficient (Wildman–Crippen LogP) is 9.83. The van der Waals surface area contributed by atoms with E-state index in [0.717, 1.165) is 22.5 Å². The molecule has 59 heavy (non-hydrogen) atoms. The minimum absolute atomic E-state index is 0.262. The summed E-state index contributed by atoms with van der Waals surface area (Å²) in [5, 5.41) is 0. The highest BCUT2D eigenvalue weighted by atomic mass is 16.5. The SMILES string of the molecule is CCOc1cc(N(Cc2ccccc2)Cc2ccccc2)ccc1C1(c2ccc(N(Cc3ccccc3)Cc3ccccc3)cc2OCC)NNC(=O)c2cccnc21. The summed E-state index contributed by atoms with van der Waals surface area (Å²) in [6, 6.07) is 58.3. The van der Waals surface area contributed by atoms with Crippen LogP contribution in [0.25, 0.3) is 0 Å². The van der Waals surface area contributed by atoms with Gasteiger partial charge in [-0.15, -0.1) is 0 Å². The van der Waals surface area contributed by atoms with Crippen molar-refractivity contribution in [3.8, 4) is 11.5 Å². The number of hydrogen-bond acceptors (Lipinski definition) is 7. The van der Waals surface area contributed by atoms with E-state index in [1.165, 1.54) is 22.3 Å². The van der Waals surface area contributed by atoms with Crippen LogP contribution >= 0.6 is 0 Å². The molecule has 7 aromatic rings. The first-order valence-electron chi connectivity index (χ1n) is 20.3. The summed E-state index contributed by atoms with van der Waals surface area (Å²) in [7, 11) is 0. The van der Waals surface area contributed by atoms with Crippen molar-refractivity contribution in [2.45, 2.75) is 45.6 Å². The van der Waals surface area contributed by atoms with Gasteiger partial charge in [-0.1, -0.05) is 133 Å². The third-order valence-corrected chi connectivity index (χ3v) is 10.7. The summed E-state index contributed by atoms with van der Waals surface area (Å²) in [5.41, 5.74) is 14.7. The van der Waals surface area contributed by atoms with Gasteiger partial charge in [-0.05, 0) is 60.4 Å². The van der Waals surface area contributed by atoms with E-state index in [9.17, 15) is 4.79 Å². The number of ether oxygens (including phenoxy) is 2. The standard InChI is InChI=1S/C51H49N5O3/c1-3-58-47-32-42(55(34-38-18-9-5-10-19-38)35-39-20-11-6-12-21-39)27-29-45(47)51(49-44(26-17-31-52-49)50(57)53-54-51)46-30-28-43(33-48(46)59-4-2)56(36-40-22-13-7-14-23-40)37-41-24-15-8-16-25-41/h5-33,54H,3-4,34-37H2,1-2H3,(H,53,57). The van der Waals surface area contributed by atoms with Crippen molar-refractivity contribution in [1.82, 2.24) is 15.8 Å². The Morgan fingerprint density at radius 3 is 1.32 bits per heavy atom. The fraction of sp³-hybridized carbons (Fsp3) is 0.176. The van der Waals surface area contributed by atoms with E-state index < -0.39 is 5.54 Å². The van der Waals surface area contributed by atoms with Crippen molar-refractivity contribution >= 4 is 17.3 Å². The van der Waals surface area contributed by atoms with Crippen LogP contribution in [0, 0.1) is 0 Å². The zero-order chi connectivity index (χ0) is 40.4. The Kier molecular flexibility index (Phi) is 12.0. The molecule has 0 spiro atoms. The van der Waals surface area contributed by atoms with Gasteiger partial charge >= 0.3 is 0 Å². The van der Waals surface area contributed by atoms with E-state index in [1.54, 1.807) is 12.3 Å². The number of hydrazine groups is 1. The molecule has 1 amide bonds. The van der Waals surface area contributed by atoms with Gasteiger partial charge in [0, 0.05) is 67.0 Å². The van der Waals surface area contributed by atoms with Crippen LogP contribution in [-0.4, -0.2) is 24.1 Å². The lowest BCUT2D eigenvalue weighted by molar-refractivity contribution is 0.0892. The van der Waals surface area contributed by atoms with E-state index in [1.807, 2.05) is 44.2 Å². The summed E-state index contributed by atoms with van der Waals surface area (Å²) in [6.45, 7) is 7.63. The maximum atomic E-state index is 13.5. The van der Waals surface area contributed by atoms with Gasteiger partial charge in [0.2, 0.25) is 0 Å². The molecule has 0 atom stereocenters. The molecule has 8 rings (SSSR count). The molecule has 1 aromatic heterocycles. The molecule has 1 aliphatic heterocycles. The van der Waals surface area contributed by atoms with Gasteiger partial charge in [0.05, 0.1) is 24.5 Å². The van der Waals surface area contributed by atoms with Gasteiger partial charge in [0.25, 0.3) is 5.91 Å². The van der Waals surface area contributed by atoms with Gasteiger partial charge < -0.3 is 19.3 Å². The molecule has 2 heterocycles. The Bertz CT molecular complexity index is 2240. The fourth-order valence-electron chi connectivity index (χ4n) is 7.98. The average Bonchev–Trinajstić information content (AvgIpc) is 3.28. The van der Waals surface area contributed by atoms with Gasteiger partial charge in [-0.3, -0.25) is 15.2 Å².